The van der Waals surface area contributed by atoms with Crippen LogP contribution in [0.5, 0.6) is 0 Å². The molecule has 8 nitrogen and oxygen atoms in total. The quantitative estimate of drug-likeness (QED) is 0.492. The SMILES string of the molecule is O=C(Nc1ccc(N2C(=O)[C@@H]3[C@H](C2=O)[C@H]2C=C[C@H]3C2)cc1)c1ccc(N2C(=O)[C@@H]3[C@@H](C2=O)[C@H]2C=C[C@H]3C2)cc1. The first kappa shape index (κ1) is 22.6. The molecular formula is C31H25N3O5. The zero-order valence-corrected chi connectivity index (χ0v) is 20.9. The Hall–Kier alpha value is -4.33. The van der Waals surface area contributed by atoms with Crippen molar-refractivity contribution in [3.8, 4) is 0 Å². The lowest BCUT2D eigenvalue weighted by molar-refractivity contribution is -0.124. The number of carbonyl (C=O) groups is 5. The van der Waals surface area contributed by atoms with Gasteiger partial charge in [0.2, 0.25) is 23.6 Å². The molecule has 6 aliphatic rings. The Morgan fingerprint density at radius 3 is 1.31 bits per heavy atom. The van der Waals surface area contributed by atoms with E-state index < -0.39 is 0 Å². The van der Waals surface area contributed by atoms with Gasteiger partial charge in [0.15, 0.2) is 0 Å². The van der Waals surface area contributed by atoms with Gasteiger partial charge in [-0.25, -0.2) is 0 Å². The average molecular weight is 520 g/mol. The molecule has 0 aromatic heterocycles. The summed E-state index contributed by atoms with van der Waals surface area (Å²) in [5.41, 5.74) is 1.89. The predicted molar refractivity (Wildman–Crippen MR) is 141 cm³/mol. The molecule has 8 atom stereocenters. The van der Waals surface area contributed by atoms with Crippen LogP contribution in [0.25, 0.3) is 0 Å². The molecule has 4 bridgehead atoms. The molecule has 2 heterocycles. The average Bonchev–Trinajstić information content (AvgIpc) is 3.78. The second-order valence-corrected chi connectivity index (χ2v) is 11.6. The van der Waals surface area contributed by atoms with Crippen LogP contribution in [0.15, 0.2) is 72.8 Å². The first-order chi connectivity index (χ1) is 18.9. The number of allylic oxidation sites excluding steroid dienone is 4. The number of imide groups is 2. The highest BCUT2D eigenvalue weighted by Crippen LogP contribution is 2.54. The van der Waals surface area contributed by atoms with E-state index >= 15 is 0 Å². The Morgan fingerprint density at radius 2 is 0.923 bits per heavy atom. The van der Waals surface area contributed by atoms with Crippen molar-refractivity contribution in [3.05, 3.63) is 78.4 Å². The van der Waals surface area contributed by atoms with Crippen LogP contribution in [-0.4, -0.2) is 29.5 Å². The molecular weight excluding hydrogens is 494 g/mol. The molecule has 2 aromatic carbocycles. The lowest BCUT2D eigenvalue weighted by Crippen LogP contribution is -2.32. The van der Waals surface area contributed by atoms with E-state index in [1.54, 1.807) is 48.5 Å². The standard InChI is InChI=1S/C31H25N3O5/c35-27(15-5-9-21(10-6-15)33-28(36)23-16-1-2-17(13-16)24(23)29(33)37)32-20-7-11-22(12-8-20)34-30(38)25-18-3-4-19(14-18)26(25)31(34)39/h1-12,16-19,23-26H,13-14H2,(H,32,35)/t16-,17-,18-,19-,23-,24-,25-,26+/m0/s1. The van der Waals surface area contributed by atoms with Gasteiger partial charge >= 0.3 is 0 Å². The Bertz CT molecular complexity index is 1480. The minimum atomic E-state index is -0.349. The third-order valence-electron chi connectivity index (χ3n) is 9.71. The summed E-state index contributed by atoms with van der Waals surface area (Å²) in [6.07, 6.45) is 10.0. The molecule has 8 rings (SSSR count). The van der Waals surface area contributed by atoms with E-state index in [1.807, 2.05) is 0 Å². The fraction of sp³-hybridized carbons (Fsp3) is 0.323. The summed E-state index contributed by atoms with van der Waals surface area (Å²) >= 11 is 0. The highest BCUT2D eigenvalue weighted by atomic mass is 16.2. The summed E-state index contributed by atoms with van der Waals surface area (Å²) in [5.74, 6) is -1.38. The van der Waals surface area contributed by atoms with Gasteiger partial charge in [0.1, 0.15) is 0 Å². The van der Waals surface area contributed by atoms with Crippen molar-refractivity contribution in [2.75, 3.05) is 15.1 Å². The summed E-state index contributed by atoms with van der Waals surface area (Å²) in [6, 6.07) is 13.2. The third kappa shape index (κ3) is 3.02. The molecule has 0 spiro atoms. The molecule has 5 amide bonds. The van der Waals surface area contributed by atoms with Gasteiger partial charge in [-0.15, -0.1) is 0 Å². The van der Waals surface area contributed by atoms with Crippen molar-refractivity contribution < 1.29 is 24.0 Å². The number of nitrogens with one attached hydrogen (secondary N) is 1. The lowest BCUT2D eigenvalue weighted by Gasteiger charge is -2.18. The number of hydrogen-bond donors (Lipinski definition) is 1. The van der Waals surface area contributed by atoms with Gasteiger partial charge in [-0.1, -0.05) is 24.3 Å². The van der Waals surface area contributed by atoms with Crippen molar-refractivity contribution in [2.24, 2.45) is 47.3 Å². The van der Waals surface area contributed by atoms with Gasteiger partial charge < -0.3 is 5.32 Å². The van der Waals surface area contributed by atoms with Crippen LogP contribution in [0.4, 0.5) is 17.1 Å². The molecule has 2 aliphatic heterocycles. The molecule has 8 heteroatoms. The monoisotopic (exact) mass is 519 g/mol. The minimum absolute atomic E-state index is 0.138. The summed E-state index contributed by atoms with van der Waals surface area (Å²) < 4.78 is 0. The van der Waals surface area contributed by atoms with E-state index in [1.165, 1.54) is 9.80 Å². The molecule has 2 aromatic rings. The molecule has 2 saturated heterocycles. The molecule has 0 radical (unpaired) electrons. The van der Waals surface area contributed by atoms with E-state index in [9.17, 15) is 24.0 Å². The van der Waals surface area contributed by atoms with Crippen LogP contribution in [0, 0.1) is 47.3 Å². The van der Waals surface area contributed by atoms with Crippen LogP contribution >= 0.6 is 0 Å². The van der Waals surface area contributed by atoms with E-state index in [-0.39, 0.29) is 76.9 Å². The van der Waals surface area contributed by atoms with Crippen LogP contribution in [-0.2, 0) is 19.2 Å². The van der Waals surface area contributed by atoms with E-state index in [4.69, 9.17) is 0 Å². The highest BCUT2D eigenvalue weighted by Gasteiger charge is 2.60. The number of amides is 5. The number of nitrogens with zero attached hydrogens (tertiary/aromatic N) is 2. The van der Waals surface area contributed by atoms with Crippen molar-refractivity contribution in [1.29, 1.82) is 0 Å². The highest BCUT2D eigenvalue weighted by molar-refractivity contribution is 6.23. The normalized spacial score (nSPS) is 35.0. The zero-order valence-electron chi connectivity index (χ0n) is 20.9. The van der Waals surface area contributed by atoms with Crippen LogP contribution in [0.3, 0.4) is 0 Å². The van der Waals surface area contributed by atoms with E-state index in [0.717, 1.165) is 12.8 Å². The van der Waals surface area contributed by atoms with Gasteiger partial charge in [0.25, 0.3) is 5.91 Å². The van der Waals surface area contributed by atoms with Gasteiger partial charge in [0.05, 0.1) is 35.0 Å². The van der Waals surface area contributed by atoms with Crippen molar-refractivity contribution in [3.63, 3.8) is 0 Å². The molecule has 39 heavy (non-hydrogen) atoms. The first-order valence-corrected chi connectivity index (χ1v) is 13.5. The summed E-state index contributed by atoms with van der Waals surface area (Å²) in [6.45, 7) is 0. The number of rotatable bonds is 4. The fourth-order valence-electron chi connectivity index (χ4n) is 7.97. The number of fused-ring (bicyclic) bond motifs is 10. The summed E-state index contributed by atoms with van der Waals surface area (Å²) in [4.78, 5) is 67.6. The maximum absolute atomic E-state index is 13.0. The van der Waals surface area contributed by atoms with Gasteiger partial charge in [-0.05, 0) is 85.0 Å². The molecule has 0 unspecified atom stereocenters. The number of hydrogen-bond acceptors (Lipinski definition) is 5. The Kier molecular flexibility index (Phi) is 4.55. The van der Waals surface area contributed by atoms with Gasteiger partial charge in [0, 0.05) is 11.3 Å². The van der Waals surface area contributed by atoms with Crippen molar-refractivity contribution in [1.82, 2.24) is 0 Å². The largest absolute Gasteiger partial charge is 0.322 e. The fourth-order valence-corrected chi connectivity index (χ4v) is 7.97. The Morgan fingerprint density at radius 1 is 0.564 bits per heavy atom. The lowest BCUT2D eigenvalue weighted by atomic mass is 9.85. The molecule has 194 valence electrons. The molecule has 4 fully saturated rings. The third-order valence-corrected chi connectivity index (χ3v) is 9.71. The van der Waals surface area contributed by atoms with Gasteiger partial charge in [-0.3, -0.25) is 33.8 Å². The van der Waals surface area contributed by atoms with E-state index in [2.05, 4.69) is 29.6 Å². The minimum Gasteiger partial charge on any atom is -0.322 e. The van der Waals surface area contributed by atoms with E-state index in [0.29, 0.717) is 22.6 Å². The maximum Gasteiger partial charge on any atom is 0.255 e. The number of anilines is 3. The topological polar surface area (TPSA) is 104 Å². The van der Waals surface area contributed by atoms with Crippen LogP contribution in [0.1, 0.15) is 23.2 Å². The van der Waals surface area contributed by atoms with Crippen LogP contribution < -0.4 is 15.1 Å². The molecule has 1 N–H and O–H groups in total. The Balaban J connectivity index is 0.952. The second-order valence-electron chi connectivity index (χ2n) is 11.6. The molecule has 2 saturated carbocycles. The second kappa shape index (κ2) is 7.85. The maximum atomic E-state index is 13.0. The Labute approximate surface area is 224 Å². The van der Waals surface area contributed by atoms with Crippen molar-refractivity contribution >= 4 is 46.6 Å². The number of benzene rings is 2. The smallest absolute Gasteiger partial charge is 0.255 e. The zero-order chi connectivity index (χ0) is 26.6. The predicted octanol–water partition coefficient (Wildman–Crippen LogP) is 3.56. The first-order valence-electron chi connectivity index (χ1n) is 13.5. The summed E-state index contributed by atoms with van der Waals surface area (Å²) in [5, 5.41) is 2.83. The van der Waals surface area contributed by atoms with Gasteiger partial charge in [-0.2, -0.15) is 0 Å². The summed E-state index contributed by atoms with van der Waals surface area (Å²) in [7, 11) is 0. The van der Waals surface area contributed by atoms with Crippen LogP contribution in [0.2, 0.25) is 0 Å². The number of carbonyl (C=O) groups excluding carboxylic acids is 5. The van der Waals surface area contributed by atoms with Crippen molar-refractivity contribution in [2.45, 2.75) is 12.8 Å². The molecule has 4 aliphatic carbocycles.